The molecule has 1 aromatic carbocycles. The van der Waals surface area contributed by atoms with Crippen molar-refractivity contribution in [2.75, 3.05) is 19.6 Å². The minimum atomic E-state index is -1.08. The van der Waals surface area contributed by atoms with Gasteiger partial charge in [-0.15, -0.1) is 0 Å². The van der Waals surface area contributed by atoms with Crippen LogP contribution in [0.15, 0.2) is 12.1 Å². The van der Waals surface area contributed by atoms with Gasteiger partial charge in [0.05, 0.1) is 0 Å². The molecule has 1 fully saturated rings. The van der Waals surface area contributed by atoms with Crippen molar-refractivity contribution in [2.24, 2.45) is 5.92 Å². The Labute approximate surface area is 162 Å². The second-order valence-corrected chi connectivity index (χ2v) is 8.31. The van der Waals surface area contributed by atoms with Crippen LogP contribution in [-0.4, -0.2) is 34.1 Å². The molecule has 1 N–H and O–H groups in total. The molecule has 7 heteroatoms. The largest absolute Gasteiger partial charge is 0.334 e. The monoisotopic (exact) mass is 395 g/mol. The standard InChI is InChI=1S/C20H24F3N3S/c1-12-6-8-25(10-12)7-2-3-16-17-9-13(11-26(17)20(27)24-16)18-14(21)4-5-15(22)19(18)23/h4-5,12-13H,2-3,6-11H2,1H3,(H,24,27)/t12-,13+/m1/s1. The molecule has 2 aliphatic rings. The molecular formula is C20H24F3N3S. The van der Waals surface area contributed by atoms with E-state index in [1.54, 1.807) is 0 Å². The van der Waals surface area contributed by atoms with Gasteiger partial charge in [-0.05, 0) is 69.0 Å². The highest BCUT2D eigenvalue weighted by Crippen LogP contribution is 2.35. The van der Waals surface area contributed by atoms with Crippen LogP contribution in [0.5, 0.6) is 0 Å². The molecule has 0 amide bonds. The predicted molar refractivity (Wildman–Crippen MR) is 101 cm³/mol. The normalized spacial score (nSPS) is 22.5. The first kappa shape index (κ1) is 18.7. The van der Waals surface area contributed by atoms with E-state index in [1.807, 2.05) is 4.57 Å². The van der Waals surface area contributed by atoms with Crippen LogP contribution in [0.3, 0.4) is 0 Å². The fourth-order valence-electron chi connectivity index (χ4n) is 4.52. The Hall–Kier alpha value is -1.60. The van der Waals surface area contributed by atoms with Crippen molar-refractivity contribution in [1.29, 1.82) is 0 Å². The van der Waals surface area contributed by atoms with Crippen LogP contribution in [0.25, 0.3) is 0 Å². The molecule has 2 aliphatic heterocycles. The summed E-state index contributed by atoms with van der Waals surface area (Å²) in [6.45, 7) is 6.02. The highest BCUT2D eigenvalue weighted by Gasteiger charge is 2.31. The van der Waals surface area contributed by atoms with E-state index in [9.17, 15) is 13.2 Å². The number of aryl methyl sites for hydroxylation is 1. The van der Waals surface area contributed by atoms with E-state index in [0.29, 0.717) is 17.7 Å². The van der Waals surface area contributed by atoms with E-state index in [2.05, 4.69) is 16.8 Å². The van der Waals surface area contributed by atoms with Crippen molar-refractivity contribution in [2.45, 2.75) is 45.1 Å². The molecule has 2 aromatic rings. The quantitative estimate of drug-likeness (QED) is 0.592. The molecule has 0 bridgehead atoms. The SMILES string of the molecule is C[C@@H]1CCN(CCCc2[nH]c(=S)n3c2C[C@H](c2c(F)ccc(F)c2F)C3)C1. The summed E-state index contributed by atoms with van der Waals surface area (Å²) in [5.74, 6) is -2.43. The van der Waals surface area contributed by atoms with E-state index >= 15 is 0 Å². The highest BCUT2D eigenvalue weighted by atomic mass is 32.1. The molecule has 2 atom stereocenters. The predicted octanol–water partition coefficient (Wildman–Crippen LogP) is 4.58. The lowest BCUT2D eigenvalue weighted by Gasteiger charge is -2.15. The minimum absolute atomic E-state index is 0.162. The second-order valence-electron chi connectivity index (χ2n) is 7.92. The van der Waals surface area contributed by atoms with Gasteiger partial charge in [0.1, 0.15) is 5.82 Å². The first-order chi connectivity index (χ1) is 12.9. The Morgan fingerprint density at radius 1 is 1.19 bits per heavy atom. The molecule has 0 unspecified atom stereocenters. The number of aromatic amines is 1. The van der Waals surface area contributed by atoms with Gasteiger partial charge in [0.2, 0.25) is 0 Å². The number of imidazole rings is 1. The average Bonchev–Trinajstić information content (AvgIpc) is 3.30. The van der Waals surface area contributed by atoms with Crippen molar-refractivity contribution in [3.8, 4) is 0 Å². The molecule has 3 nitrogen and oxygen atoms in total. The van der Waals surface area contributed by atoms with Crippen molar-refractivity contribution in [3.05, 3.63) is 51.3 Å². The Morgan fingerprint density at radius 3 is 2.70 bits per heavy atom. The third-order valence-corrected chi connectivity index (χ3v) is 6.24. The van der Waals surface area contributed by atoms with Gasteiger partial charge in [-0.1, -0.05) is 6.92 Å². The number of nitrogens with zero attached hydrogens (tertiary/aromatic N) is 2. The van der Waals surface area contributed by atoms with E-state index in [4.69, 9.17) is 12.2 Å². The summed E-state index contributed by atoms with van der Waals surface area (Å²) >= 11 is 5.40. The Morgan fingerprint density at radius 2 is 1.96 bits per heavy atom. The van der Waals surface area contributed by atoms with Gasteiger partial charge >= 0.3 is 0 Å². The Balaban J connectivity index is 1.48. The van der Waals surface area contributed by atoms with Gasteiger partial charge in [0.25, 0.3) is 0 Å². The summed E-state index contributed by atoms with van der Waals surface area (Å²) in [6, 6.07) is 1.83. The van der Waals surface area contributed by atoms with E-state index in [0.717, 1.165) is 61.9 Å². The topological polar surface area (TPSA) is 24.0 Å². The molecule has 1 saturated heterocycles. The van der Waals surface area contributed by atoms with Crippen molar-refractivity contribution in [1.82, 2.24) is 14.5 Å². The maximum Gasteiger partial charge on any atom is 0.177 e. The van der Waals surface area contributed by atoms with Crippen LogP contribution >= 0.6 is 12.2 Å². The van der Waals surface area contributed by atoms with Crippen LogP contribution in [0.2, 0.25) is 0 Å². The summed E-state index contributed by atoms with van der Waals surface area (Å²) in [4.78, 5) is 5.74. The molecule has 1 aromatic heterocycles. The number of fused-ring (bicyclic) bond motifs is 1. The maximum absolute atomic E-state index is 14.2. The van der Waals surface area contributed by atoms with Crippen molar-refractivity contribution < 1.29 is 13.2 Å². The van der Waals surface area contributed by atoms with Crippen LogP contribution < -0.4 is 0 Å². The molecule has 0 aliphatic carbocycles. The van der Waals surface area contributed by atoms with Crippen LogP contribution in [-0.2, 0) is 19.4 Å². The van der Waals surface area contributed by atoms with E-state index < -0.39 is 23.4 Å². The molecule has 4 rings (SSSR count). The number of aromatic nitrogens is 2. The van der Waals surface area contributed by atoms with Gasteiger partial charge in [0.15, 0.2) is 16.4 Å². The number of likely N-dealkylation sites (tertiary alicyclic amines) is 1. The number of nitrogens with one attached hydrogen (secondary N) is 1. The number of halogens is 3. The number of hydrogen-bond donors (Lipinski definition) is 1. The second kappa shape index (κ2) is 7.43. The molecule has 0 radical (unpaired) electrons. The lowest BCUT2D eigenvalue weighted by Crippen LogP contribution is -2.22. The third kappa shape index (κ3) is 3.59. The van der Waals surface area contributed by atoms with E-state index in [-0.39, 0.29) is 5.56 Å². The smallest absolute Gasteiger partial charge is 0.177 e. The van der Waals surface area contributed by atoms with Crippen LogP contribution in [0.4, 0.5) is 13.2 Å². The number of H-pyrrole nitrogens is 1. The lowest BCUT2D eigenvalue weighted by molar-refractivity contribution is 0.323. The van der Waals surface area contributed by atoms with Crippen LogP contribution in [0, 0.1) is 28.1 Å². The Kier molecular flexibility index (Phi) is 5.16. The summed E-state index contributed by atoms with van der Waals surface area (Å²) in [6.07, 6.45) is 3.61. The Bertz CT molecular complexity index is 905. The fourth-order valence-corrected chi connectivity index (χ4v) is 4.83. The van der Waals surface area contributed by atoms with Gasteiger partial charge < -0.3 is 14.5 Å². The summed E-state index contributed by atoms with van der Waals surface area (Å²) in [5, 5.41) is 0. The zero-order valence-corrected chi connectivity index (χ0v) is 16.2. The zero-order chi connectivity index (χ0) is 19.1. The summed E-state index contributed by atoms with van der Waals surface area (Å²) in [5.41, 5.74) is 1.89. The zero-order valence-electron chi connectivity index (χ0n) is 15.4. The molecule has 3 heterocycles. The fraction of sp³-hybridized carbons (Fsp3) is 0.550. The molecule has 27 heavy (non-hydrogen) atoms. The third-order valence-electron chi connectivity index (χ3n) is 5.92. The molecule has 0 spiro atoms. The molecule has 146 valence electrons. The van der Waals surface area contributed by atoms with Gasteiger partial charge in [0, 0.05) is 36.0 Å². The average molecular weight is 395 g/mol. The number of benzene rings is 1. The van der Waals surface area contributed by atoms with Crippen molar-refractivity contribution >= 4 is 12.2 Å². The number of rotatable bonds is 5. The molecule has 0 saturated carbocycles. The number of hydrogen-bond acceptors (Lipinski definition) is 2. The first-order valence-electron chi connectivity index (χ1n) is 9.60. The van der Waals surface area contributed by atoms with Gasteiger partial charge in [-0.3, -0.25) is 0 Å². The summed E-state index contributed by atoms with van der Waals surface area (Å²) in [7, 11) is 0. The maximum atomic E-state index is 14.2. The van der Waals surface area contributed by atoms with Gasteiger partial charge in [-0.25, -0.2) is 13.2 Å². The van der Waals surface area contributed by atoms with E-state index in [1.165, 1.54) is 6.42 Å². The molecular weight excluding hydrogens is 371 g/mol. The highest BCUT2D eigenvalue weighted by molar-refractivity contribution is 7.71. The first-order valence-corrected chi connectivity index (χ1v) is 10.0. The minimum Gasteiger partial charge on any atom is -0.334 e. The van der Waals surface area contributed by atoms with Crippen molar-refractivity contribution in [3.63, 3.8) is 0 Å². The summed E-state index contributed by atoms with van der Waals surface area (Å²) < 4.78 is 44.4. The lowest BCUT2D eigenvalue weighted by atomic mass is 9.95. The van der Waals surface area contributed by atoms with Crippen LogP contribution in [0.1, 0.15) is 42.6 Å². The van der Waals surface area contributed by atoms with Gasteiger partial charge in [-0.2, -0.15) is 0 Å².